The van der Waals surface area contributed by atoms with Crippen LogP contribution in [-0.2, 0) is 17.5 Å². The van der Waals surface area contributed by atoms with Crippen molar-refractivity contribution in [3.8, 4) is 17.1 Å². The maximum Gasteiger partial charge on any atom is 0.416 e. The second-order valence-corrected chi connectivity index (χ2v) is 8.03. The summed E-state index contributed by atoms with van der Waals surface area (Å²) in [5, 5.41) is 3.83. The molecule has 186 valence electrons. The van der Waals surface area contributed by atoms with E-state index in [0.29, 0.717) is 63.1 Å². The van der Waals surface area contributed by atoms with E-state index in [-0.39, 0.29) is 17.3 Å². The van der Waals surface area contributed by atoms with Gasteiger partial charge in [0, 0.05) is 44.4 Å². The van der Waals surface area contributed by atoms with Crippen LogP contribution in [-0.4, -0.2) is 72.4 Å². The number of piperazine rings is 1. The van der Waals surface area contributed by atoms with Gasteiger partial charge in [-0.25, -0.2) is 0 Å². The van der Waals surface area contributed by atoms with E-state index in [1.165, 1.54) is 12.1 Å². The van der Waals surface area contributed by atoms with E-state index in [1.807, 2.05) is 0 Å². The van der Waals surface area contributed by atoms with Gasteiger partial charge in [-0.2, -0.15) is 18.2 Å². The van der Waals surface area contributed by atoms with Crippen LogP contribution in [0.2, 0.25) is 0 Å². The molecule has 1 aromatic heterocycles. The molecule has 3 aromatic rings. The molecule has 1 amide bonds. The Morgan fingerprint density at radius 1 is 1.06 bits per heavy atom. The molecule has 1 aliphatic heterocycles. The second-order valence-electron chi connectivity index (χ2n) is 8.03. The van der Waals surface area contributed by atoms with Gasteiger partial charge in [0.15, 0.2) is 0 Å². The van der Waals surface area contributed by atoms with Crippen molar-refractivity contribution < 1.29 is 32.0 Å². The molecule has 0 saturated carbocycles. The Kier molecular flexibility index (Phi) is 7.67. The van der Waals surface area contributed by atoms with Crippen LogP contribution in [0.5, 0.6) is 5.75 Å². The molecule has 0 spiro atoms. The molecule has 0 bridgehead atoms. The fourth-order valence-corrected chi connectivity index (χ4v) is 3.72. The highest BCUT2D eigenvalue weighted by Gasteiger charge is 2.31. The zero-order valence-electron chi connectivity index (χ0n) is 19.1. The Morgan fingerprint density at radius 3 is 2.57 bits per heavy atom. The molecule has 0 unspecified atom stereocenters. The fourth-order valence-electron chi connectivity index (χ4n) is 3.72. The van der Waals surface area contributed by atoms with E-state index in [1.54, 1.807) is 36.3 Å². The Morgan fingerprint density at radius 2 is 1.83 bits per heavy atom. The van der Waals surface area contributed by atoms with Gasteiger partial charge in [0.2, 0.25) is 11.7 Å². The van der Waals surface area contributed by atoms with Gasteiger partial charge in [0.25, 0.3) is 5.91 Å². The van der Waals surface area contributed by atoms with Crippen LogP contribution in [0.25, 0.3) is 11.4 Å². The summed E-state index contributed by atoms with van der Waals surface area (Å²) in [7, 11) is 1.59. The van der Waals surface area contributed by atoms with Crippen LogP contribution in [0, 0.1) is 0 Å². The molecule has 0 radical (unpaired) electrons. The first kappa shape index (κ1) is 24.7. The molecule has 0 aliphatic carbocycles. The Balaban J connectivity index is 1.31. The van der Waals surface area contributed by atoms with E-state index >= 15 is 0 Å². The predicted molar refractivity (Wildman–Crippen MR) is 120 cm³/mol. The summed E-state index contributed by atoms with van der Waals surface area (Å²) < 4.78 is 54.7. The minimum Gasteiger partial charge on any atom is -0.491 e. The number of carbonyl (C=O) groups excluding carboxylic acids is 1. The molecule has 0 N–H and O–H groups in total. The predicted octanol–water partition coefficient (Wildman–Crippen LogP) is 3.74. The summed E-state index contributed by atoms with van der Waals surface area (Å²) in [6.45, 7) is 3.43. The number of nitrogens with zero attached hydrogens (tertiary/aromatic N) is 4. The molecule has 2 aromatic carbocycles. The van der Waals surface area contributed by atoms with Crippen molar-refractivity contribution >= 4 is 5.91 Å². The number of rotatable bonds is 8. The van der Waals surface area contributed by atoms with E-state index in [0.717, 1.165) is 12.1 Å². The lowest BCUT2D eigenvalue weighted by Gasteiger charge is -2.34. The molecule has 8 nitrogen and oxygen atoms in total. The van der Waals surface area contributed by atoms with Crippen LogP contribution in [0.3, 0.4) is 0 Å². The molecular weight excluding hydrogens is 465 g/mol. The van der Waals surface area contributed by atoms with Crippen LogP contribution in [0.15, 0.2) is 53.1 Å². The average molecular weight is 490 g/mol. The zero-order chi connectivity index (χ0) is 24.8. The number of carbonyl (C=O) groups is 1. The van der Waals surface area contributed by atoms with E-state index < -0.39 is 11.7 Å². The lowest BCUT2D eigenvalue weighted by atomic mass is 10.1. The number of ether oxygens (including phenoxy) is 2. The zero-order valence-corrected chi connectivity index (χ0v) is 19.1. The third kappa shape index (κ3) is 6.37. The van der Waals surface area contributed by atoms with Gasteiger partial charge >= 0.3 is 6.18 Å². The van der Waals surface area contributed by atoms with Crippen molar-refractivity contribution in [2.75, 3.05) is 46.5 Å². The molecular formula is C24H25F3N4O4. The maximum atomic E-state index is 13.0. The van der Waals surface area contributed by atoms with Gasteiger partial charge in [-0.15, -0.1) is 0 Å². The lowest BCUT2D eigenvalue weighted by molar-refractivity contribution is -0.137. The van der Waals surface area contributed by atoms with Crippen molar-refractivity contribution in [1.29, 1.82) is 0 Å². The average Bonchev–Trinajstić information content (AvgIpc) is 3.32. The minimum absolute atomic E-state index is 0.0773. The number of amides is 1. The molecule has 1 fully saturated rings. The highest BCUT2D eigenvalue weighted by atomic mass is 19.4. The second kappa shape index (κ2) is 10.9. The maximum absolute atomic E-state index is 13.0. The Labute approximate surface area is 200 Å². The Bertz CT molecular complexity index is 1140. The van der Waals surface area contributed by atoms with Gasteiger partial charge in [0.05, 0.1) is 18.7 Å². The number of hydrogen-bond acceptors (Lipinski definition) is 7. The monoisotopic (exact) mass is 490 g/mol. The van der Waals surface area contributed by atoms with Crippen molar-refractivity contribution in [3.63, 3.8) is 0 Å². The molecule has 4 rings (SSSR count). The summed E-state index contributed by atoms with van der Waals surface area (Å²) in [5.41, 5.74) is 0.0175. The number of alkyl halides is 3. The fraction of sp³-hybridized carbons (Fsp3) is 0.375. The molecule has 11 heteroatoms. The van der Waals surface area contributed by atoms with Crippen LogP contribution in [0.4, 0.5) is 13.2 Å². The summed E-state index contributed by atoms with van der Waals surface area (Å²) in [4.78, 5) is 21.0. The quantitative estimate of drug-likeness (QED) is 0.445. The van der Waals surface area contributed by atoms with E-state index in [9.17, 15) is 18.0 Å². The normalized spacial score (nSPS) is 14.8. The first-order valence-corrected chi connectivity index (χ1v) is 11.1. The van der Waals surface area contributed by atoms with Gasteiger partial charge in [-0.05, 0) is 30.3 Å². The van der Waals surface area contributed by atoms with Gasteiger partial charge in [-0.3, -0.25) is 9.69 Å². The number of halogens is 3. The van der Waals surface area contributed by atoms with Gasteiger partial charge < -0.3 is 18.9 Å². The van der Waals surface area contributed by atoms with Crippen molar-refractivity contribution in [2.45, 2.75) is 12.7 Å². The van der Waals surface area contributed by atoms with Gasteiger partial charge in [-0.1, -0.05) is 23.4 Å². The summed E-state index contributed by atoms with van der Waals surface area (Å²) in [6, 6.07) is 11.9. The number of aromatic nitrogens is 2. The minimum atomic E-state index is -4.45. The van der Waals surface area contributed by atoms with Crippen molar-refractivity contribution in [2.24, 2.45) is 0 Å². The number of hydrogen-bond donors (Lipinski definition) is 0. The standard InChI is InChI=1S/C24H25F3N4O4/c1-33-12-13-34-20-7-3-5-18(15-20)23(32)31-10-8-30(9-11-31)16-21-28-22(29-35-21)17-4-2-6-19(14-17)24(25,26)27/h2-7,14-15H,8-13,16H2,1H3. The van der Waals surface area contributed by atoms with Gasteiger partial charge in [0.1, 0.15) is 12.4 Å². The lowest BCUT2D eigenvalue weighted by Crippen LogP contribution is -2.48. The summed E-state index contributed by atoms with van der Waals surface area (Å²) >= 11 is 0. The van der Waals surface area contributed by atoms with Crippen LogP contribution < -0.4 is 4.74 Å². The first-order chi connectivity index (χ1) is 16.8. The topological polar surface area (TPSA) is 80.9 Å². The first-order valence-electron chi connectivity index (χ1n) is 11.1. The highest BCUT2D eigenvalue weighted by molar-refractivity contribution is 5.94. The van der Waals surface area contributed by atoms with Crippen LogP contribution in [0.1, 0.15) is 21.8 Å². The third-order valence-corrected chi connectivity index (χ3v) is 5.57. The number of methoxy groups -OCH3 is 1. The molecule has 1 aliphatic rings. The molecule has 2 heterocycles. The van der Waals surface area contributed by atoms with E-state index in [4.69, 9.17) is 14.0 Å². The number of benzene rings is 2. The Hall–Kier alpha value is -3.44. The highest BCUT2D eigenvalue weighted by Crippen LogP contribution is 2.31. The van der Waals surface area contributed by atoms with Crippen LogP contribution >= 0.6 is 0 Å². The largest absolute Gasteiger partial charge is 0.491 e. The summed E-state index contributed by atoms with van der Waals surface area (Å²) in [5.74, 6) is 0.941. The molecule has 1 saturated heterocycles. The third-order valence-electron chi connectivity index (χ3n) is 5.57. The van der Waals surface area contributed by atoms with Crippen molar-refractivity contribution in [3.05, 3.63) is 65.5 Å². The molecule has 0 atom stereocenters. The van der Waals surface area contributed by atoms with Crippen molar-refractivity contribution in [1.82, 2.24) is 19.9 Å². The SMILES string of the molecule is COCCOc1cccc(C(=O)N2CCN(Cc3nc(-c4cccc(C(F)(F)F)c4)no3)CC2)c1. The smallest absolute Gasteiger partial charge is 0.416 e. The molecule has 35 heavy (non-hydrogen) atoms. The van der Waals surface area contributed by atoms with E-state index in [2.05, 4.69) is 15.0 Å². The summed E-state index contributed by atoms with van der Waals surface area (Å²) in [6.07, 6.45) is -4.45.